The predicted octanol–water partition coefficient (Wildman–Crippen LogP) is 3.87. The second kappa shape index (κ2) is 6.40. The molecule has 0 aliphatic rings. The maximum atomic E-state index is 10.9. The van der Waals surface area contributed by atoms with Gasteiger partial charge in [0.2, 0.25) is 0 Å². The number of hydrogen-bond acceptors (Lipinski definition) is 2. The lowest BCUT2D eigenvalue weighted by Gasteiger charge is -2.15. The first-order valence-electron chi connectivity index (χ1n) is 7.43. The predicted molar refractivity (Wildman–Crippen MR) is 88.8 cm³/mol. The molecule has 0 bridgehead atoms. The smallest absolute Gasteiger partial charge is 0.303 e. The van der Waals surface area contributed by atoms with Crippen LogP contribution in [0.5, 0.6) is 5.75 Å². The van der Waals surface area contributed by atoms with Crippen molar-refractivity contribution in [3.8, 4) is 22.7 Å². The van der Waals surface area contributed by atoms with E-state index in [0.29, 0.717) is 12.1 Å². The SMILES string of the molecule is O=C(O)CCc1ccc(-c2ccccc2)n1-c1ccccc1O. The summed E-state index contributed by atoms with van der Waals surface area (Å²) in [5.74, 6) is -0.672. The highest BCUT2D eigenvalue weighted by Crippen LogP contribution is 2.31. The average Bonchev–Trinajstić information content (AvgIpc) is 2.98. The molecule has 0 atom stereocenters. The van der Waals surface area contributed by atoms with Crippen LogP contribution in [0.1, 0.15) is 12.1 Å². The van der Waals surface area contributed by atoms with E-state index >= 15 is 0 Å². The van der Waals surface area contributed by atoms with E-state index in [2.05, 4.69) is 0 Å². The van der Waals surface area contributed by atoms with Crippen LogP contribution in [-0.4, -0.2) is 20.7 Å². The number of rotatable bonds is 5. The molecule has 4 heteroatoms. The number of nitrogens with zero attached hydrogens (tertiary/aromatic N) is 1. The highest BCUT2D eigenvalue weighted by Gasteiger charge is 2.15. The normalized spacial score (nSPS) is 10.6. The summed E-state index contributed by atoms with van der Waals surface area (Å²) in [6.07, 6.45) is 0.447. The molecule has 3 rings (SSSR count). The molecule has 116 valence electrons. The van der Waals surface area contributed by atoms with Crippen LogP contribution in [0.2, 0.25) is 0 Å². The Balaban J connectivity index is 2.14. The Kier molecular flexibility index (Phi) is 4.15. The van der Waals surface area contributed by atoms with Gasteiger partial charge < -0.3 is 14.8 Å². The van der Waals surface area contributed by atoms with Crippen molar-refractivity contribution in [2.45, 2.75) is 12.8 Å². The first kappa shape index (κ1) is 14.9. The zero-order valence-corrected chi connectivity index (χ0v) is 12.5. The first-order chi connectivity index (χ1) is 11.2. The fourth-order valence-electron chi connectivity index (χ4n) is 2.68. The molecule has 0 unspecified atom stereocenters. The van der Waals surface area contributed by atoms with Crippen molar-refractivity contribution in [2.24, 2.45) is 0 Å². The number of aliphatic carboxylic acids is 1. The molecule has 0 fully saturated rings. The maximum Gasteiger partial charge on any atom is 0.303 e. The van der Waals surface area contributed by atoms with Crippen LogP contribution in [0, 0.1) is 0 Å². The van der Waals surface area contributed by atoms with Crippen molar-refractivity contribution >= 4 is 5.97 Å². The Morgan fingerprint density at radius 1 is 0.913 bits per heavy atom. The summed E-state index contributed by atoms with van der Waals surface area (Å²) < 4.78 is 1.92. The third-order valence-corrected chi connectivity index (χ3v) is 3.75. The lowest BCUT2D eigenvalue weighted by Crippen LogP contribution is -2.05. The van der Waals surface area contributed by atoms with Crippen LogP contribution in [-0.2, 0) is 11.2 Å². The van der Waals surface area contributed by atoms with E-state index in [1.165, 1.54) is 0 Å². The van der Waals surface area contributed by atoms with E-state index in [0.717, 1.165) is 17.0 Å². The summed E-state index contributed by atoms with van der Waals surface area (Å²) in [6.45, 7) is 0. The van der Waals surface area contributed by atoms with Crippen LogP contribution in [0.25, 0.3) is 16.9 Å². The van der Waals surface area contributed by atoms with Crippen molar-refractivity contribution < 1.29 is 15.0 Å². The van der Waals surface area contributed by atoms with Gasteiger partial charge in [0.15, 0.2) is 0 Å². The molecule has 0 aliphatic carbocycles. The molecule has 0 radical (unpaired) electrons. The molecule has 0 amide bonds. The van der Waals surface area contributed by atoms with E-state index in [9.17, 15) is 9.90 Å². The van der Waals surface area contributed by atoms with Gasteiger partial charge >= 0.3 is 5.97 Å². The highest BCUT2D eigenvalue weighted by molar-refractivity contribution is 5.68. The van der Waals surface area contributed by atoms with E-state index in [1.807, 2.05) is 59.2 Å². The van der Waals surface area contributed by atoms with Crippen LogP contribution >= 0.6 is 0 Å². The minimum atomic E-state index is -0.837. The van der Waals surface area contributed by atoms with Gasteiger partial charge in [0.25, 0.3) is 0 Å². The number of carbonyl (C=O) groups is 1. The van der Waals surface area contributed by atoms with Gasteiger partial charge in [-0.2, -0.15) is 0 Å². The molecule has 23 heavy (non-hydrogen) atoms. The van der Waals surface area contributed by atoms with Gasteiger partial charge in [-0.3, -0.25) is 4.79 Å². The molecule has 0 saturated heterocycles. The number of hydrogen-bond donors (Lipinski definition) is 2. The first-order valence-corrected chi connectivity index (χ1v) is 7.43. The summed E-state index contributed by atoms with van der Waals surface area (Å²) in [6, 6.07) is 20.8. The number of carboxylic acids is 1. The van der Waals surface area contributed by atoms with Gasteiger partial charge in [0.1, 0.15) is 5.75 Å². The number of aromatic nitrogens is 1. The molecular formula is C19H17NO3. The second-order valence-electron chi connectivity index (χ2n) is 5.29. The van der Waals surface area contributed by atoms with Gasteiger partial charge in [-0.25, -0.2) is 0 Å². The van der Waals surface area contributed by atoms with Gasteiger partial charge in [-0.1, -0.05) is 42.5 Å². The Labute approximate surface area is 134 Å². The van der Waals surface area contributed by atoms with Gasteiger partial charge in [0, 0.05) is 5.69 Å². The number of para-hydroxylation sites is 2. The summed E-state index contributed by atoms with van der Waals surface area (Å²) in [7, 11) is 0. The molecule has 1 aromatic heterocycles. The number of benzene rings is 2. The summed E-state index contributed by atoms with van der Waals surface area (Å²) >= 11 is 0. The number of phenolic OH excluding ortho intramolecular Hbond substituents is 1. The maximum absolute atomic E-state index is 10.9. The molecule has 1 heterocycles. The molecule has 0 saturated carbocycles. The zero-order chi connectivity index (χ0) is 16.2. The minimum Gasteiger partial charge on any atom is -0.506 e. The minimum absolute atomic E-state index is 0.0475. The number of aromatic hydroxyl groups is 1. The van der Waals surface area contributed by atoms with Gasteiger partial charge in [-0.05, 0) is 36.2 Å². The highest BCUT2D eigenvalue weighted by atomic mass is 16.4. The molecule has 4 nitrogen and oxygen atoms in total. The number of phenols is 1. The third kappa shape index (κ3) is 3.11. The molecule has 0 aliphatic heterocycles. The lowest BCUT2D eigenvalue weighted by molar-refractivity contribution is -0.136. The lowest BCUT2D eigenvalue weighted by atomic mass is 10.1. The van der Waals surface area contributed by atoms with Crippen molar-refractivity contribution in [3.05, 3.63) is 72.4 Å². The van der Waals surface area contributed by atoms with Crippen molar-refractivity contribution in [2.75, 3.05) is 0 Å². The Morgan fingerprint density at radius 3 is 2.30 bits per heavy atom. The fourth-order valence-corrected chi connectivity index (χ4v) is 2.68. The van der Waals surface area contributed by atoms with E-state index in [-0.39, 0.29) is 12.2 Å². The molecule has 2 aromatic carbocycles. The average molecular weight is 307 g/mol. The second-order valence-corrected chi connectivity index (χ2v) is 5.29. The number of aryl methyl sites for hydroxylation is 1. The van der Waals surface area contributed by atoms with Crippen molar-refractivity contribution in [1.29, 1.82) is 0 Å². The van der Waals surface area contributed by atoms with E-state index in [1.54, 1.807) is 12.1 Å². The summed E-state index contributed by atoms with van der Waals surface area (Å²) in [5, 5.41) is 19.2. The fraction of sp³-hybridized carbons (Fsp3) is 0.105. The summed E-state index contributed by atoms with van der Waals surface area (Å²) in [5.41, 5.74) is 3.44. The molecule has 2 N–H and O–H groups in total. The van der Waals surface area contributed by atoms with Gasteiger partial charge in [0.05, 0.1) is 17.8 Å². The largest absolute Gasteiger partial charge is 0.506 e. The van der Waals surface area contributed by atoms with Gasteiger partial charge in [-0.15, -0.1) is 0 Å². The Bertz CT molecular complexity index is 822. The quantitative estimate of drug-likeness (QED) is 0.752. The van der Waals surface area contributed by atoms with Crippen molar-refractivity contribution in [1.82, 2.24) is 4.57 Å². The molecule has 3 aromatic rings. The molecular weight excluding hydrogens is 290 g/mol. The van der Waals surface area contributed by atoms with Crippen molar-refractivity contribution in [3.63, 3.8) is 0 Å². The zero-order valence-electron chi connectivity index (χ0n) is 12.5. The summed E-state index contributed by atoms with van der Waals surface area (Å²) in [4.78, 5) is 10.9. The standard InChI is InChI=1S/C19H17NO3/c21-18-9-5-4-8-17(18)20-15(11-13-19(22)23)10-12-16(20)14-6-2-1-3-7-14/h1-10,12,21H,11,13H2,(H,22,23). The Morgan fingerprint density at radius 2 is 1.61 bits per heavy atom. The van der Waals surface area contributed by atoms with Crippen LogP contribution in [0.3, 0.4) is 0 Å². The van der Waals surface area contributed by atoms with Crippen LogP contribution in [0.4, 0.5) is 0 Å². The molecule has 0 spiro atoms. The monoisotopic (exact) mass is 307 g/mol. The van der Waals surface area contributed by atoms with Crippen LogP contribution in [0.15, 0.2) is 66.7 Å². The van der Waals surface area contributed by atoms with E-state index < -0.39 is 5.97 Å². The topological polar surface area (TPSA) is 62.5 Å². The van der Waals surface area contributed by atoms with E-state index in [4.69, 9.17) is 5.11 Å². The Hall–Kier alpha value is -3.01. The van der Waals surface area contributed by atoms with Crippen LogP contribution < -0.4 is 0 Å². The third-order valence-electron chi connectivity index (χ3n) is 3.75. The number of carboxylic acid groups (broad SMARTS) is 1.